The minimum atomic E-state index is -0.219. The molecule has 3 aromatic rings. The predicted molar refractivity (Wildman–Crippen MR) is 79.2 cm³/mol. The molecule has 0 unspecified atom stereocenters. The highest BCUT2D eigenvalue weighted by Gasteiger charge is 2.06. The first-order valence-corrected chi connectivity index (χ1v) is 6.68. The molecule has 2 N–H and O–H groups in total. The molecule has 0 aliphatic rings. The van der Waals surface area contributed by atoms with Crippen LogP contribution in [0.25, 0.3) is 10.9 Å². The summed E-state index contributed by atoms with van der Waals surface area (Å²) >= 11 is 5.98. The Morgan fingerprint density at radius 1 is 1.05 bits per heavy atom. The molecule has 3 rings (SSSR count). The smallest absolute Gasteiger partial charge is 0.214 e. The molecule has 0 saturated carbocycles. The summed E-state index contributed by atoms with van der Waals surface area (Å²) < 4.78 is 12.9. The fraction of sp³-hybridized carbons (Fsp3) is 0.0625. The minimum Gasteiger partial charge on any atom is -0.380 e. The van der Waals surface area contributed by atoms with Crippen LogP contribution in [0, 0.1) is 5.82 Å². The first-order valence-electron chi connectivity index (χ1n) is 6.31. The van der Waals surface area contributed by atoms with Crippen molar-refractivity contribution < 1.29 is 9.37 Å². The van der Waals surface area contributed by atoms with Crippen LogP contribution in [-0.4, -0.2) is 0 Å². The number of nitrogens with one attached hydrogen (secondary N) is 2. The van der Waals surface area contributed by atoms with Crippen molar-refractivity contribution in [3.8, 4) is 0 Å². The first-order chi connectivity index (χ1) is 9.72. The Balaban J connectivity index is 1.85. The molecule has 20 heavy (non-hydrogen) atoms. The Morgan fingerprint density at radius 2 is 1.85 bits per heavy atom. The Kier molecular flexibility index (Phi) is 3.52. The number of anilines is 1. The molecule has 2 aromatic carbocycles. The molecule has 0 radical (unpaired) electrons. The van der Waals surface area contributed by atoms with E-state index in [1.54, 1.807) is 12.1 Å². The van der Waals surface area contributed by atoms with Gasteiger partial charge in [-0.3, -0.25) is 0 Å². The summed E-state index contributed by atoms with van der Waals surface area (Å²) in [5.74, 6) is -0.219. The quantitative estimate of drug-likeness (QED) is 0.772. The summed E-state index contributed by atoms with van der Waals surface area (Å²) in [6, 6.07) is 14.2. The summed E-state index contributed by atoms with van der Waals surface area (Å²) in [5.41, 5.74) is 3.02. The lowest BCUT2D eigenvalue weighted by Crippen LogP contribution is -2.06. The number of rotatable bonds is 3. The predicted octanol–water partition coefficient (Wildman–Crippen LogP) is 4.06. The second-order valence-corrected chi connectivity index (χ2v) is 5.00. The highest BCUT2D eigenvalue weighted by atomic mass is 35.5. The van der Waals surface area contributed by atoms with Gasteiger partial charge in [-0.15, -0.1) is 0 Å². The fourth-order valence-electron chi connectivity index (χ4n) is 2.13. The lowest BCUT2D eigenvalue weighted by Gasteiger charge is -2.07. The van der Waals surface area contributed by atoms with E-state index in [1.807, 2.05) is 30.5 Å². The molecule has 0 fully saturated rings. The summed E-state index contributed by atoms with van der Waals surface area (Å²) in [4.78, 5) is 3.16. The van der Waals surface area contributed by atoms with Crippen LogP contribution >= 0.6 is 11.6 Å². The fourth-order valence-corrected chi connectivity index (χ4v) is 2.30. The first kappa shape index (κ1) is 12.9. The molecule has 0 amide bonds. The molecule has 0 aliphatic heterocycles. The van der Waals surface area contributed by atoms with Crippen LogP contribution in [0.4, 0.5) is 10.1 Å². The van der Waals surface area contributed by atoms with Crippen molar-refractivity contribution in [1.82, 2.24) is 0 Å². The molecule has 2 nitrogen and oxygen atoms in total. The largest absolute Gasteiger partial charge is 0.380 e. The maximum absolute atomic E-state index is 12.9. The maximum Gasteiger partial charge on any atom is 0.214 e. The summed E-state index contributed by atoms with van der Waals surface area (Å²) in [5, 5.41) is 5.12. The number of fused-ring (bicyclic) bond motifs is 1. The van der Waals surface area contributed by atoms with E-state index < -0.39 is 0 Å². The third-order valence-corrected chi connectivity index (χ3v) is 3.39. The van der Waals surface area contributed by atoms with E-state index in [0.717, 1.165) is 22.2 Å². The molecule has 100 valence electrons. The lowest BCUT2D eigenvalue weighted by molar-refractivity contribution is -0.344. The second-order valence-electron chi connectivity index (χ2n) is 4.56. The average molecular weight is 288 g/mol. The van der Waals surface area contributed by atoms with Crippen LogP contribution in [0.1, 0.15) is 5.56 Å². The van der Waals surface area contributed by atoms with Gasteiger partial charge >= 0.3 is 0 Å². The van der Waals surface area contributed by atoms with E-state index in [2.05, 4.69) is 10.3 Å². The van der Waals surface area contributed by atoms with Gasteiger partial charge in [-0.25, -0.2) is 9.37 Å². The van der Waals surface area contributed by atoms with E-state index in [4.69, 9.17) is 11.6 Å². The Morgan fingerprint density at radius 3 is 2.65 bits per heavy atom. The molecule has 0 spiro atoms. The van der Waals surface area contributed by atoms with Gasteiger partial charge in [0, 0.05) is 23.7 Å². The molecule has 1 heterocycles. The molecule has 0 aliphatic carbocycles. The standard InChI is InChI=1S/C16H12ClFN2/c17-12-3-6-14-15(7-8-19-16(14)9-12)20-10-11-1-4-13(18)5-2-11/h1-9H,10H2,(H,19,20)/p+1. The number of aromatic nitrogens is 1. The van der Waals surface area contributed by atoms with Gasteiger partial charge in [0.2, 0.25) is 5.52 Å². The Hall–Kier alpha value is -2.13. The zero-order valence-corrected chi connectivity index (χ0v) is 11.4. The van der Waals surface area contributed by atoms with Gasteiger partial charge in [-0.2, -0.15) is 0 Å². The van der Waals surface area contributed by atoms with Crippen molar-refractivity contribution >= 4 is 28.2 Å². The highest BCUT2D eigenvalue weighted by molar-refractivity contribution is 6.31. The van der Waals surface area contributed by atoms with Crippen molar-refractivity contribution in [1.29, 1.82) is 0 Å². The van der Waals surface area contributed by atoms with E-state index in [-0.39, 0.29) is 5.82 Å². The van der Waals surface area contributed by atoms with Crippen molar-refractivity contribution in [3.05, 3.63) is 71.1 Å². The number of hydrogen-bond donors (Lipinski definition) is 1. The zero-order valence-electron chi connectivity index (χ0n) is 10.7. The van der Waals surface area contributed by atoms with Gasteiger partial charge < -0.3 is 5.32 Å². The van der Waals surface area contributed by atoms with Crippen LogP contribution < -0.4 is 10.3 Å². The van der Waals surface area contributed by atoms with Gasteiger partial charge in [0.25, 0.3) is 0 Å². The Bertz CT molecular complexity index is 741. The summed E-state index contributed by atoms with van der Waals surface area (Å²) in [6.07, 6.45) is 1.87. The molecular formula is C16H13ClFN2+. The number of halogens is 2. The number of hydrogen-bond acceptors (Lipinski definition) is 1. The monoisotopic (exact) mass is 287 g/mol. The van der Waals surface area contributed by atoms with Crippen LogP contribution in [0.5, 0.6) is 0 Å². The average Bonchev–Trinajstić information content (AvgIpc) is 2.46. The second kappa shape index (κ2) is 5.47. The zero-order chi connectivity index (χ0) is 13.9. The van der Waals surface area contributed by atoms with Gasteiger partial charge in [0.1, 0.15) is 5.82 Å². The lowest BCUT2D eigenvalue weighted by atomic mass is 10.1. The maximum atomic E-state index is 12.9. The third-order valence-electron chi connectivity index (χ3n) is 3.16. The molecule has 0 saturated heterocycles. The molecule has 4 heteroatoms. The Labute approximate surface area is 121 Å². The minimum absolute atomic E-state index is 0.219. The van der Waals surface area contributed by atoms with Crippen molar-refractivity contribution in [2.45, 2.75) is 6.54 Å². The molecule has 0 atom stereocenters. The molecule has 1 aromatic heterocycles. The summed E-state index contributed by atoms with van der Waals surface area (Å²) in [6.45, 7) is 0.641. The van der Waals surface area contributed by atoms with Crippen molar-refractivity contribution in [2.24, 2.45) is 0 Å². The molecule has 0 bridgehead atoms. The van der Waals surface area contributed by atoms with E-state index in [1.165, 1.54) is 12.1 Å². The van der Waals surface area contributed by atoms with Crippen LogP contribution in [-0.2, 0) is 6.54 Å². The van der Waals surface area contributed by atoms with Gasteiger partial charge in [0.05, 0.1) is 11.1 Å². The SMILES string of the molecule is Fc1ccc(CNc2cc[nH+]c3cc(Cl)ccc23)cc1. The van der Waals surface area contributed by atoms with E-state index in [0.29, 0.717) is 11.6 Å². The van der Waals surface area contributed by atoms with Gasteiger partial charge in [-0.05, 0) is 29.8 Å². The van der Waals surface area contributed by atoms with E-state index >= 15 is 0 Å². The topological polar surface area (TPSA) is 26.2 Å². The van der Waals surface area contributed by atoms with E-state index in [9.17, 15) is 4.39 Å². The summed E-state index contributed by atoms with van der Waals surface area (Å²) in [7, 11) is 0. The van der Waals surface area contributed by atoms with Crippen LogP contribution in [0.2, 0.25) is 5.02 Å². The number of H-pyrrole nitrogens is 1. The third kappa shape index (κ3) is 2.73. The van der Waals surface area contributed by atoms with Gasteiger partial charge in [0.15, 0.2) is 6.20 Å². The van der Waals surface area contributed by atoms with Gasteiger partial charge in [-0.1, -0.05) is 23.7 Å². The molecular weight excluding hydrogens is 275 g/mol. The normalized spacial score (nSPS) is 10.7. The van der Waals surface area contributed by atoms with Crippen molar-refractivity contribution in [3.63, 3.8) is 0 Å². The van der Waals surface area contributed by atoms with Crippen molar-refractivity contribution in [2.75, 3.05) is 5.32 Å². The highest BCUT2D eigenvalue weighted by Crippen LogP contribution is 2.23. The number of aromatic amines is 1. The number of pyridine rings is 1. The van der Waals surface area contributed by atoms with Crippen LogP contribution in [0.3, 0.4) is 0 Å². The van der Waals surface area contributed by atoms with Crippen LogP contribution in [0.15, 0.2) is 54.7 Å². The number of benzene rings is 2.